The fourth-order valence-corrected chi connectivity index (χ4v) is 6.88. The van der Waals surface area contributed by atoms with E-state index in [9.17, 15) is 48.6 Å². The lowest BCUT2D eigenvalue weighted by atomic mass is 9.92. The number of ketones is 2. The highest BCUT2D eigenvalue weighted by molar-refractivity contribution is 5.91. The molecule has 1 rings (SSSR count). The van der Waals surface area contributed by atoms with Gasteiger partial charge < -0.3 is 78.8 Å². The van der Waals surface area contributed by atoms with Gasteiger partial charge in [0, 0.05) is 58.7 Å². The molecule has 4 amide bonds. The molecular formula is C54H90N4O20. The van der Waals surface area contributed by atoms with Crippen LogP contribution in [0.1, 0.15) is 124 Å². The minimum absolute atomic E-state index is 0.0298. The highest BCUT2D eigenvalue weighted by atomic mass is 16.6. The van der Waals surface area contributed by atoms with Gasteiger partial charge in [-0.2, -0.15) is 0 Å². The van der Waals surface area contributed by atoms with Gasteiger partial charge in [0.1, 0.15) is 28.8 Å². The summed E-state index contributed by atoms with van der Waals surface area (Å²) in [6.07, 6.45) is 1.69. The number of amides is 4. The van der Waals surface area contributed by atoms with E-state index in [2.05, 4.69) is 21.3 Å². The Kier molecular flexibility index (Phi) is 38.6. The van der Waals surface area contributed by atoms with Gasteiger partial charge in [0.05, 0.1) is 111 Å². The van der Waals surface area contributed by atoms with Crippen molar-refractivity contribution in [3.05, 3.63) is 29.8 Å². The number of esters is 1. The van der Waals surface area contributed by atoms with Crippen molar-refractivity contribution in [1.29, 1.82) is 0 Å². The second-order valence-electron chi connectivity index (χ2n) is 19.9. The zero-order chi connectivity index (χ0) is 58.0. The molecule has 0 aromatic heterocycles. The Labute approximate surface area is 459 Å². The van der Waals surface area contributed by atoms with E-state index < -0.39 is 53.1 Å². The van der Waals surface area contributed by atoms with E-state index in [-0.39, 0.29) is 134 Å². The van der Waals surface area contributed by atoms with Crippen LogP contribution in [0.25, 0.3) is 0 Å². The lowest BCUT2D eigenvalue weighted by Gasteiger charge is -2.20. The number of carbonyl (C=O) groups excluding carboxylic acids is 7. The van der Waals surface area contributed by atoms with Crippen molar-refractivity contribution in [2.75, 3.05) is 119 Å². The Balaban J connectivity index is 2.14. The van der Waals surface area contributed by atoms with Crippen LogP contribution in [0.3, 0.4) is 0 Å². The summed E-state index contributed by atoms with van der Waals surface area (Å²) in [7, 11) is 0. The van der Waals surface area contributed by atoms with Crippen molar-refractivity contribution in [2.24, 2.45) is 0 Å². The summed E-state index contributed by atoms with van der Waals surface area (Å²) >= 11 is 0. The van der Waals surface area contributed by atoms with Crippen LogP contribution >= 0.6 is 0 Å². The number of hydrogen-bond donors (Lipinski definition) is 6. The van der Waals surface area contributed by atoms with E-state index in [1.165, 1.54) is 19.1 Å². The highest BCUT2D eigenvalue weighted by Crippen LogP contribution is 2.23. The molecule has 446 valence electrons. The first-order valence-corrected chi connectivity index (χ1v) is 26.8. The first kappa shape index (κ1) is 70.7. The van der Waals surface area contributed by atoms with Gasteiger partial charge in [0.2, 0.25) is 17.7 Å². The van der Waals surface area contributed by atoms with Gasteiger partial charge in [-0.3, -0.25) is 28.8 Å². The van der Waals surface area contributed by atoms with Crippen LogP contribution in [-0.2, 0) is 80.9 Å². The fraction of sp³-hybridized carbons (Fsp3) is 0.741. The molecule has 78 heavy (non-hydrogen) atoms. The second kappa shape index (κ2) is 42.6. The number of Topliss-reactive ketones (excluding diaryl/α,β-unsaturated/α-hetero) is 2. The van der Waals surface area contributed by atoms with Crippen molar-refractivity contribution in [2.45, 2.75) is 142 Å². The second-order valence-corrected chi connectivity index (χ2v) is 19.9. The number of aliphatic carboxylic acids is 1. The highest BCUT2D eigenvalue weighted by Gasteiger charge is 2.25. The number of hydrogen-bond acceptors (Lipinski definition) is 19. The fourth-order valence-electron chi connectivity index (χ4n) is 6.88. The van der Waals surface area contributed by atoms with Crippen molar-refractivity contribution in [3.8, 4) is 5.75 Å². The standard InChI is InChI=1S/C54H90N4O20/c1-40(59)57-45(11-8-9-21-56-52(68)78-54(5,6)7)47(62)12-10-23-69-27-31-73-35-36-74-32-28-70-24-19-43(61)39-44(41-13-15-42(60)16-14-41)50(65)55-22-26-72-30-34-76-38-37-75-33-29-71-25-20-48(63)58-46(51(66)67)17-18-49(64)77-53(2,3)4/h13-16,44-46,60H,8-12,17-39H2,1-7H3,(H,55,65)(H,56,68)(H,57,59)(H,58,63)(H,66,67). The molecule has 1 aromatic rings. The summed E-state index contributed by atoms with van der Waals surface area (Å²) in [5, 5.41) is 29.8. The topological polar surface area (TPSA) is 317 Å². The Bertz CT molecular complexity index is 1870. The number of carboxylic acids is 1. The normalized spacial score (nSPS) is 12.7. The summed E-state index contributed by atoms with van der Waals surface area (Å²) in [6.45, 7) is 16.7. The Morgan fingerprint density at radius 2 is 1.01 bits per heavy atom. The zero-order valence-electron chi connectivity index (χ0n) is 47.1. The Morgan fingerprint density at radius 1 is 0.513 bits per heavy atom. The van der Waals surface area contributed by atoms with Gasteiger partial charge >= 0.3 is 18.0 Å². The molecule has 0 aliphatic heterocycles. The van der Waals surface area contributed by atoms with Crippen LogP contribution in [0.4, 0.5) is 4.79 Å². The largest absolute Gasteiger partial charge is 0.508 e. The summed E-state index contributed by atoms with van der Waals surface area (Å²) in [4.78, 5) is 97.9. The average molecular weight is 1120 g/mol. The molecule has 3 unspecified atom stereocenters. The maximum Gasteiger partial charge on any atom is 0.407 e. The third kappa shape index (κ3) is 40.8. The molecule has 3 atom stereocenters. The van der Waals surface area contributed by atoms with Crippen LogP contribution in [0.5, 0.6) is 5.75 Å². The van der Waals surface area contributed by atoms with Gasteiger partial charge in [-0.25, -0.2) is 9.59 Å². The van der Waals surface area contributed by atoms with Crippen molar-refractivity contribution in [3.63, 3.8) is 0 Å². The molecule has 24 heteroatoms. The van der Waals surface area contributed by atoms with Gasteiger partial charge in [-0.05, 0) is 91.3 Å². The lowest BCUT2D eigenvalue weighted by Crippen LogP contribution is -2.41. The van der Waals surface area contributed by atoms with Crippen molar-refractivity contribution >= 4 is 47.3 Å². The molecule has 0 saturated heterocycles. The molecule has 1 aromatic carbocycles. The van der Waals surface area contributed by atoms with Crippen LogP contribution in [-0.4, -0.2) is 200 Å². The number of carboxylic acid groups (broad SMARTS) is 1. The van der Waals surface area contributed by atoms with E-state index in [0.29, 0.717) is 84.0 Å². The lowest BCUT2D eigenvalue weighted by molar-refractivity contribution is -0.155. The summed E-state index contributed by atoms with van der Waals surface area (Å²) in [5.74, 6) is -3.97. The third-order valence-corrected chi connectivity index (χ3v) is 10.6. The Morgan fingerprint density at radius 3 is 1.53 bits per heavy atom. The van der Waals surface area contributed by atoms with E-state index in [1.54, 1.807) is 53.7 Å². The number of phenolic OH excluding ortho intramolecular Hbond substituents is 1. The number of rotatable bonds is 47. The molecule has 0 radical (unpaired) electrons. The maximum atomic E-state index is 13.2. The average Bonchev–Trinajstić information content (AvgIpc) is 3.35. The monoisotopic (exact) mass is 1110 g/mol. The van der Waals surface area contributed by atoms with E-state index in [1.807, 2.05) is 0 Å². The maximum absolute atomic E-state index is 13.2. The van der Waals surface area contributed by atoms with Crippen molar-refractivity contribution < 1.29 is 95.9 Å². The van der Waals surface area contributed by atoms with Gasteiger partial charge in [0.15, 0.2) is 5.78 Å². The van der Waals surface area contributed by atoms with Crippen LogP contribution in [0.2, 0.25) is 0 Å². The number of carbonyl (C=O) groups is 8. The molecule has 0 saturated carbocycles. The predicted octanol–water partition coefficient (Wildman–Crippen LogP) is 3.70. The third-order valence-electron chi connectivity index (χ3n) is 10.6. The minimum atomic E-state index is -1.25. The predicted molar refractivity (Wildman–Crippen MR) is 284 cm³/mol. The van der Waals surface area contributed by atoms with Gasteiger partial charge in [-0.1, -0.05) is 12.1 Å². The molecule has 0 spiro atoms. The van der Waals surface area contributed by atoms with Crippen LogP contribution in [0, 0.1) is 0 Å². The zero-order valence-corrected chi connectivity index (χ0v) is 47.1. The molecule has 0 bridgehead atoms. The summed E-state index contributed by atoms with van der Waals surface area (Å²) < 4.78 is 54.5. The SMILES string of the molecule is CC(=O)NC(CCCCNC(=O)OC(C)(C)C)C(=O)CCCOCCOCCOCCOCCC(=O)CC(C(=O)NCCOCCOCCOCCOCCC(=O)NC(CCC(=O)OC(C)(C)C)C(=O)O)c1ccc(O)cc1. The molecule has 6 N–H and O–H groups in total. The molecule has 0 aliphatic carbocycles. The Hall–Kier alpha value is -5.34. The number of benzene rings is 1. The van der Waals surface area contributed by atoms with Gasteiger partial charge in [-0.15, -0.1) is 0 Å². The van der Waals surface area contributed by atoms with E-state index in [4.69, 9.17) is 47.4 Å². The smallest absolute Gasteiger partial charge is 0.407 e. The molecule has 0 fully saturated rings. The van der Waals surface area contributed by atoms with Crippen LogP contribution in [0.15, 0.2) is 24.3 Å². The molecule has 0 aliphatic rings. The summed E-state index contributed by atoms with van der Waals surface area (Å²) in [6, 6.07) is 4.29. The van der Waals surface area contributed by atoms with E-state index in [0.717, 1.165) is 0 Å². The molecule has 0 heterocycles. The quantitative estimate of drug-likeness (QED) is 0.0400. The minimum Gasteiger partial charge on any atom is -0.508 e. The van der Waals surface area contributed by atoms with E-state index >= 15 is 0 Å². The molecular weight excluding hydrogens is 1020 g/mol. The number of nitrogens with one attached hydrogen (secondary N) is 4. The number of phenols is 1. The molecule has 24 nitrogen and oxygen atoms in total. The van der Waals surface area contributed by atoms with Crippen molar-refractivity contribution in [1.82, 2.24) is 21.3 Å². The number of unbranched alkanes of at least 4 members (excludes halogenated alkanes) is 1. The van der Waals surface area contributed by atoms with Crippen LogP contribution < -0.4 is 21.3 Å². The first-order chi connectivity index (χ1) is 37.1. The number of alkyl carbamates (subject to hydrolysis) is 1. The first-order valence-electron chi connectivity index (χ1n) is 26.8. The number of ether oxygens (including phenoxy) is 10. The number of aromatic hydroxyl groups is 1. The summed E-state index contributed by atoms with van der Waals surface area (Å²) in [5.41, 5.74) is -0.705. The van der Waals surface area contributed by atoms with Gasteiger partial charge in [0.25, 0.3) is 0 Å².